The lowest BCUT2D eigenvalue weighted by Crippen LogP contribution is -2.11. The molecule has 0 saturated heterocycles. The van der Waals surface area contributed by atoms with Crippen LogP contribution in [0.4, 0.5) is 0 Å². The third-order valence-electron chi connectivity index (χ3n) is 3.39. The standard InChI is InChI=1S/C18H18O6S3/c1-11(19)17(21)25-13-3-7-15(8-4-13)27(23,24)16-9-5-14(6-10-16)26-18(22)12(2)20/h3-12,19-20H,1-2H3. The fourth-order valence-corrected chi connectivity index (χ4v) is 4.52. The summed E-state index contributed by atoms with van der Waals surface area (Å²) in [6.45, 7) is 2.73. The van der Waals surface area contributed by atoms with Crippen LogP contribution < -0.4 is 0 Å². The first-order valence-corrected chi connectivity index (χ1v) is 11.0. The molecule has 0 aliphatic carbocycles. The summed E-state index contributed by atoms with van der Waals surface area (Å²) >= 11 is 1.68. The normalized spacial score (nSPS) is 13.8. The van der Waals surface area contributed by atoms with Gasteiger partial charge in [0.05, 0.1) is 9.79 Å². The molecule has 0 heterocycles. The molecule has 0 bridgehead atoms. The minimum absolute atomic E-state index is 0.0665. The van der Waals surface area contributed by atoms with Gasteiger partial charge in [-0.2, -0.15) is 0 Å². The highest BCUT2D eigenvalue weighted by atomic mass is 32.2. The molecule has 0 amide bonds. The van der Waals surface area contributed by atoms with Gasteiger partial charge in [-0.25, -0.2) is 8.42 Å². The van der Waals surface area contributed by atoms with Gasteiger partial charge in [-0.05, 0) is 85.9 Å². The van der Waals surface area contributed by atoms with E-state index in [0.717, 1.165) is 23.5 Å². The van der Waals surface area contributed by atoms with Crippen molar-refractivity contribution in [2.75, 3.05) is 0 Å². The molecule has 2 N–H and O–H groups in total. The molecular formula is C18H18O6S3. The minimum Gasteiger partial charge on any atom is -0.385 e. The van der Waals surface area contributed by atoms with Crippen LogP contribution in [0.5, 0.6) is 0 Å². The van der Waals surface area contributed by atoms with Gasteiger partial charge in [-0.1, -0.05) is 0 Å². The molecule has 9 heteroatoms. The molecule has 2 atom stereocenters. The number of thioether (sulfide) groups is 2. The minimum atomic E-state index is -3.75. The number of hydrogen-bond acceptors (Lipinski definition) is 8. The first kappa shape index (κ1) is 21.6. The molecule has 0 spiro atoms. The lowest BCUT2D eigenvalue weighted by molar-refractivity contribution is -0.118. The second kappa shape index (κ2) is 9.03. The number of hydrogen-bond donors (Lipinski definition) is 2. The molecule has 0 aliphatic heterocycles. The molecular weight excluding hydrogens is 408 g/mol. The van der Waals surface area contributed by atoms with Gasteiger partial charge in [0.1, 0.15) is 12.2 Å². The van der Waals surface area contributed by atoms with Gasteiger partial charge in [0, 0.05) is 9.79 Å². The van der Waals surface area contributed by atoms with Gasteiger partial charge in [-0.15, -0.1) is 0 Å². The Morgan fingerprint density at radius 3 is 1.30 bits per heavy atom. The third-order valence-corrected chi connectivity index (χ3v) is 7.27. The Morgan fingerprint density at radius 1 is 0.741 bits per heavy atom. The zero-order valence-corrected chi connectivity index (χ0v) is 17.0. The second-order valence-electron chi connectivity index (χ2n) is 5.64. The smallest absolute Gasteiger partial charge is 0.221 e. The zero-order chi connectivity index (χ0) is 20.2. The summed E-state index contributed by atoms with van der Waals surface area (Å²) in [6, 6.07) is 11.6. The second-order valence-corrected chi connectivity index (χ2v) is 9.75. The molecule has 2 aromatic carbocycles. The van der Waals surface area contributed by atoms with E-state index in [9.17, 15) is 28.2 Å². The maximum atomic E-state index is 12.7. The third kappa shape index (κ3) is 5.66. The Bertz CT molecular complexity index is 845. The lowest BCUT2D eigenvalue weighted by Gasteiger charge is -2.08. The molecule has 6 nitrogen and oxygen atoms in total. The van der Waals surface area contributed by atoms with Crippen LogP contribution in [-0.2, 0) is 19.4 Å². The zero-order valence-electron chi connectivity index (χ0n) is 14.5. The average molecular weight is 427 g/mol. The van der Waals surface area contributed by atoms with Gasteiger partial charge in [0.25, 0.3) is 0 Å². The van der Waals surface area contributed by atoms with Crippen molar-refractivity contribution in [2.24, 2.45) is 0 Å². The Kier molecular flexibility index (Phi) is 7.24. The molecule has 144 valence electrons. The van der Waals surface area contributed by atoms with E-state index in [1.165, 1.54) is 62.4 Å². The summed E-state index contributed by atoms with van der Waals surface area (Å²) < 4.78 is 25.4. The highest BCUT2D eigenvalue weighted by molar-refractivity contribution is 8.14. The van der Waals surface area contributed by atoms with Crippen LogP contribution in [0.15, 0.2) is 68.1 Å². The van der Waals surface area contributed by atoms with Crippen LogP contribution in [-0.4, -0.2) is 41.1 Å². The Balaban J connectivity index is 2.18. The number of aliphatic hydroxyl groups excluding tert-OH is 2. The first-order chi connectivity index (χ1) is 12.6. The summed E-state index contributed by atoms with van der Waals surface area (Å²) in [6.07, 6.45) is -2.20. The predicted molar refractivity (Wildman–Crippen MR) is 103 cm³/mol. The Hall–Kier alpha value is -1.65. The predicted octanol–water partition coefficient (Wildman–Crippen LogP) is 2.52. The van der Waals surface area contributed by atoms with Gasteiger partial charge in [0.2, 0.25) is 20.1 Å². The van der Waals surface area contributed by atoms with E-state index in [4.69, 9.17) is 0 Å². The van der Waals surface area contributed by atoms with E-state index in [-0.39, 0.29) is 9.79 Å². The fraction of sp³-hybridized carbons (Fsp3) is 0.222. The maximum absolute atomic E-state index is 12.7. The van der Waals surface area contributed by atoms with E-state index >= 15 is 0 Å². The average Bonchev–Trinajstić information content (AvgIpc) is 2.62. The molecule has 0 saturated carbocycles. The quantitative estimate of drug-likeness (QED) is 0.678. The van der Waals surface area contributed by atoms with Crippen LogP contribution >= 0.6 is 23.5 Å². The van der Waals surface area contributed by atoms with Crippen molar-refractivity contribution in [3.05, 3.63) is 48.5 Å². The SMILES string of the molecule is CC(O)C(=O)Sc1ccc(S(=O)(=O)c2ccc(SC(=O)C(C)O)cc2)cc1. The van der Waals surface area contributed by atoms with E-state index in [2.05, 4.69) is 0 Å². The topological polar surface area (TPSA) is 109 Å². The summed E-state index contributed by atoms with van der Waals surface area (Å²) in [5, 5.41) is 17.6. The number of rotatable bonds is 6. The number of benzene rings is 2. The number of sulfone groups is 1. The highest BCUT2D eigenvalue weighted by Gasteiger charge is 2.19. The Morgan fingerprint density at radius 2 is 1.04 bits per heavy atom. The molecule has 2 aromatic rings. The van der Waals surface area contributed by atoms with Gasteiger partial charge < -0.3 is 10.2 Å². The van der Waals surface area contributed by atoms with Crippen molar-refractivity contribution in [3.8, 4) is 0 Å². The van der Waals surface area contributed by atoms with Crippen molar-refractivity contribution in [2.45, 2.75) is 45.6 Å². The van der Waals surface area contributed by atoms with Crippen molar-refractivity contribution in [1.29, 1.82) is 0 Å². The van der Waals surface area contributed by atoms with Crippen molar-refractivity contribution < 1.29 is 28.2 Å². The van der Waals surface area contributed by atoms with E-state index in [1.807, 2.05) is 0 Å². The van der Waals surface area contributed by atoms with Gasteiger partial charge >= 0.3 is 0 Å². The summed E-state index contributed by atoms with van der Waals surface area (Å²) in [5.41, 5.74) is 0. The Labute approximate surface area is 165 Å². The van der Waals surface area contributed by atoms with Gasteiger partial charge in [0.15, 0.2) is 0 Å². The van der Waals surface area contributed by atoms with Gasteiger partial charge in [-0.3, -0.25) is 9.59 Å². The highest BCUT2D eigenvalue weighted by Crippen LogP contribution is 2.27. The first-order valence-electron chi connectivity index (χ1n) is 7.86. The fourth-order valence-electron chi connectivity index (χ4n) is 1.91. The molecule has 27 heavy (non-hydrogen) atoms. The van der Waals surface area contributed by atoms with Crippen LogP contribution in [0.1, 0.15) is 13.8 Å². The summed E-state index contributed by atoms with van der Waals surface area (Å²) in [5.74, 6) is 0. The number of aliphatic hydroxyl groups is 2. The van der Waals surface area contributed by atoms with E-state index in [0.29, 0.717) is 9.79 Å². The molecule has 0 aliphatic rings. The molecule has 0 fully saturated rings. The molecule has 0 radical (unpaired) electrons. The molecule has 2 unspecified atom stereocenters. The largest absolute Gasteiger partial charge is 0.385 e. The molecule has 2 rings (SSSR count). The van der Waals surface area contributed by atoms with Crippen molar-refractivity contribution in [3.63, 3.8) is 0 Å². The number of carbonyl (C=O) groups excluding carboxylic acids is 2. The maximum Gasteiger partial charge on any atom is 0.221 e. The van der Waals surface area contributed by atoms with Crippen LogP contribution in [0.25, 0.3) is 0 Å². The molecule has 0 aromatic heterocycles. The van der Waals surface area contributed by atoms with Crippen molar-refractivity contribution >= 4 is 43.6 Å². The van der Waals surface area contributed by atoms with Crippen LogP contribution in [0.2, 0.25) is 0 Å². The monoisotopic (exact) mass is 426 g/mol. The summed E-state index contributed by atoms with van der Waals surface area (Å²) in [7, 11) is -3.75. The van der Waals surface area contributed by atoms with E-state index in [1.54, 1.807) is 0 Å². The number of carbonyl (C=O) groups is 2. The van der Waals surface area contributed by atoms with Crippen LogP contribution in [0, 0.1) is 0 Å². The lowest BCUT2D eigenvalue weighted by atomic mass is 10.4. The van der Waals surface area contributed by atoms with E-state index < -0.39 is 32.3 Å². The van der Waals surface area contributed by atoms with Crippen LogP contribution in [0.3, 0.4) is 0 Å². The van der Waals surface area contributed by atoms with Crippen molar-refractivity contribution in [1.82, 2.24) is 0 Å². The summed E-state index contributed by atoms with van der Waals surface area (Å²) in [4.78, 5) is 24.2.